The lowest BCUT2D eigenvalue weighted by Crippen LogP contribution is -2.07. The molecule has 1 aromatic carbocycles. The van der Waals surface area contributed by atoms with Crippen LogP contribution in [0.1, 0.15) is 22.6 Å². The lowest BCUT2D eigenvalue weighted by Gasteiger charge is -2.14. The van der Waals surface area contributed by atoms with E-state index in [0.717, 1.165) is 16.9 Å². The molecule has 0 spiro atoms. The number of hydrogen-bond donors (Lipinski definition) is 1. The van der Waals surface area contributed by atoms with Gasteiger partial charge in [0.15, 0.2) is 0 Å². The normalized spacial score (nSPS) is 11.7. The van der Waals surface area contributed by atoms with Crippen molar-refractivity contribution in [3.05, 3.63) is 59.0 Å². The van der Waals surface area contributed by atoms with Crippen molar-refractivity contribution in [2.45, 2.75) is 32.6 Å². The molecular weight excluding hydrogens is 338 g/mol. The molecule has 0 radical (unpaired) electrons. The van der Waals surface area contributed by atoms with Crippen LogP contribution < -0.4 is 0 Å². The SMILES string of the molecule is Cc1cc(C)c(S(=O)(=O)O)c(-c2cc(-c3ccc(C)o3)ccc2C)n1. The van der Waals surface area contributed by atoms with Gasteiger partial charge >= 0.3 is 0 Å². The maximum Gasteiger partial charge on any atom is 0.296 e. The fourth-order valence-corrected chi connectivity index (χ4v) is 3.82. The molecule has 0 aliphatic heterocycles. The molecule has 130 valence electrons. The van der Waals surface area contributed by atoms with Gasteiger partial charge in [0, 0.05) is 16.8 Å². The highest BCUT2D eigenvalue weighted by Crippen LogP contribution is 2.34. The van der Waals surface area contributed by atoms with Crippen LogP contribution in [0.5, 0.6) is 0 Å². The van der Waals surface area contributed by atoms with E-state index in [1.807, 2.05) is 44.2 Å². The lowest BCUT2D eigenvalue weighted by atomic mass is 9.99. The van der Waals surface area contributed by atoms with Gasteiger partial charge in [-0.2, -0.15) is 8.42 Å². The highest BCUT2D eigenvalue weighted by atomic mass is 32.2. The first-order chi connectivity index (χ1) is 11.7. The van der Waals surface area contributed by atoms with E-state index in [9.17, 15) is 13.0 Å². The molecule has 5 nitrogen and oxygen atoms in total. The van der Waals surface area contributed by atoms with Gasteiger partial charge in [-0.25, -0.2) is 0 Å². The Balaban J connectivity index is 2.30. The van der Waals surface area contributed by atoms with Crippen molar-refractivity contribution in [2.75, 3.05) is 0 Å². The third-order valence-corrected chi connectivity index (χ3v) is 5.09. The van der Waals surface area contributed by atoms with E-state index < -0.39 is 10.1 Å². The monoisotopic (exact) mass is 357 g/mol. The van der Waals surface area contributed by atoms with Gasteiger partial charge in [0.1, 0.15) is 16.4 Å². The van der Waals surface area contributed by atoms with Crippen LogP contribution in [0.15, 0.2) is 45.7 Å². The predicted octanol–water partition coefficient (Wildman–Crippen LogP) is 4.49. The highest BCUT2D eigenvalue weighted by molar-refractivity contribution is 7.86. The molecule has 0 saturated heterocycles. The van der Waals surface area contributed by atoms with E-state index in [1.165, 1.54) is 0 Å². The molecular formula is C19H19NO4S. The van der Waals surface area contributed by atoms with Gasteiger partial charge in [-0.15, -0.1) is 0 Å². The average molecular weight is 357 g/mol. The largest absolute Gasteiger partial charge is 0.461 e. The molecule has 25 heavy (non-hydrogen) atoms. The first kappa shape index (κ1) is 17.4. The van der Waals surface area contributed by atoms with Gasteiger partial charge in [0.05, 0.1) is 5.69 Å². The summed E-state index contributed by atoms with van der Waals surface area (Å²) in [6, 6.07) is 11.0. The smallest absolute Gasteiger partial charge is 0.296 e. The van der Waals surface area contributed by atoms with Gasteiger partial charge in [-0.05, 0) is 63.1 Å². The Bertz CT molecular complexity index is 1070. The van der Waals surface area contributed by atoms with E-state index in [-0.39, 0.29) is 10.6 Å². The van der Waals surface area contributed by atoms with Crippen LogP contribution in [0.2, 0.25) is 0 Å². The van der Waals surface area contributed by atoms with E-state index in [4.69, 9.17) is 4.42 Å². The summed E-state index contributed by atoms with van der Waals surface area (Å²) in [6.45, 7) is 7.18. The fourth-order valence-electron chi connectivity index (χ4n) is 2.95. The number of aromatic nitrogens is 1. The van der Waals surface area contributed by atoms with Crippen molar-refractivity contribution >= 4 is 10.1 Å². The second-order valence-electron chi connectivity index (χ2n) is 6.17. The Morgan fingerprint density at radius 2 is 1.68 bits per heavy atom. The van der Waals surface area contributed by atoms with Crippen molar-refractivity contribution in [2.24, 2.45) is 0 Å². The Kier molecular flexibility index (Phi) is 4.26. The molecule has 0 amide bonds. The molecule has 0 aliphatic rings. The summed E-state index contributed by atoms with van der Waals surface area (Å²) < 4.78 is 39.2. The Labute approximate surface area is 147 Å². The minimum absolute atomic E-state index is 0.158. The number of furan rings is 1. The minimum atomic E-state index is -4.41. The van der Waals surface area contributed by atoms with Crippen molar-refractivity contribution in [1.82, 2.24) is 4.98 Å². The molecule has 2 heterocycles. The highest BCUT2D eigenvalue weighted by Gasteiger charge is 2.23. The maximum atomic E-state index is 11.9. The van der Waals surface area contributed by atoms with E-state index in [2.05, 4.69) is 4.98 Å². The molecule has 0 atom stereocenters. The van der Waals surface area contributed by atoms with Gasteiger partial charge < -0.3 is 4.42 Å². The van der Waals surface area contributed by atoms with E-state index in [0.29, 0.717) is 22.6 Å². The van der Waals surface area contributed by atoms with Gasteiger partial charge in [0.2, 0.25) is 0 Å². The fraction of sp³-hybridized carbons (Fsp3) is 0.211. The number of hydrogen-bond acceptors (Lipinski definition) is 4. The molecule has 3 aromatic rings. The summed E-state index contributed by atoms with van der Waals surface area (Å²) in [7, 11) is -4.41. The van der Waals surface area contributed by atoms with E-state index >= 15 is 0 Å². The van der Waals surface area contributed by atoms with Gasteiger partial charge in [-0.1, -0.05) is 12.1 Å². The maximum absolute atomic E-state index is 11.9. The van der Waals surface area contributed by atoms with Crippen LogP contribution >= 0.6 is 0 Å². The van der Waals surface area contributed by atoms with Crippen LogP contribution in [0, 0.1) is 27.7 Å². The van der Waals surface area contributed by atoms with Crippen molar-refractivity contribution in [3.8, 4) is 22.6 Å². The summed E-state index contributed by atoms with van der Waals surface area (Å²) in [5.74, 6) is 1.48. The first-order valence-corrected chi connectivity index (χ1v) is 9.24. The van der Waals surface area contributed by atoms with E-state index in [1.54, 1.807) is 19.9 Å². The quantitative estimate of drug-likeness (QED) is 0.699. The summed E-state index contributed by atoms with van der Waals surface area (Å²) in [5.41, 5.74) is 3.71. The van der Waals surface area contributed by atoms with Crippen LogP contribution in [-0.4, -0.2) is 18.0 Å². The van der Waals surface area contributed by atoms with Crippen LogP contribution in [0.4, 0.5) is 0 Å². The summed E-state index contributed by atoms with van der Waals surface area (Å²) in [5, 5.41) is 0. The summed E-state index contributed by atoms with van der Waals surface area (Å²) in [4.78, 5) is 4.24. The summed E-state index contributed by atoms with van der Waals surface area (Å²) >= 11 is 0. The average Bonchev–Trinajstić information content (AvgIpc) is 2.92. The molecule has 0 saturated carbocycles. The first-order valence-electron chi connectivity index (χ1n) is 7.80. The third kappa shape index (κ3) is 3.36. The van der Waals surface area contributed by atoms with Crippen LogP contribution in [-0.2, 0) is 10.1 Å². The number of nitrogens with zero attached hydrogens (tertiary/aromatic N) is 1. The molecule has 6 heteroatoms. The van der Waals surface area contributed by atoms with Crippen molar-refractivity contribution < 1.29 is 17.4 Å². The number of pyridine rings is 1. The lowest BCUT2D eigenvalue weighted by molar-refractivity contribution is 0.482. The zero-order valence-corrected chi connectivity index (χ0v) is 15.3. The zero-order chi connectivity index (χ0) is 18.4. The minimum Gasteiger partial charge on any atom is -0.461 e. The van der Waals surface area contributed by atoms with Crippen molar-refractivity contribution in [3.63, 3.8) is 0 Å². The predicted molar refractivity (Wildman–Crippen MR) is 96.1 cm³/mol. The second kappa shape index (κ2) is 6.13. The Hall–Kier alpha value is -2.44. The molecule has 0 aliphatic carbocycles. The number of rotatable bonds is 3. The zero-order valence-electron chi connectivity index (χ0n) is 14.5. The molecule has 1 N–H and O–H groups in total. The standard InChI is InChI=1S/C19H19NO4S/c1-11-5-7-15(17-8-6-14(4)24-17)10-16(11)18-19(25(21,22)23)12(2)9-13(3)20-18/h5-10H,1-4H3,(H,21,22,23). The second-order valence-corrected chi connectivity index (χ2v) is 7.53. The topological polar surface area (TPSA) is 80.4 Å². The van der Waals surface area contributed by atoms with Crippen LogP contribution in [0.3, 0.4) is 0 Å². The molecule has 0 bridgehead atoms. The molecule has 2 aromatic heterocycles. The molecule has 3 rings (SSSR count). The molecule has 0 unspecified atom stereocenters. The number of benzene rings is 1. The third-order valence-electron chi connectivity index (χ3n) is 4.06. The molecule has 0 fully saturated rings. The van der Waals surface area contributed by atoms with Gasteiger partial charge in [-0.3, -0.25) is 9.54 Å². The van der Waals surface area contributed by atoms with Crippen molar-refractivity contribution in [1.29, 1.82) is 0 Å². The van der Waals surface area contributed by atoms with Crippen LogP contribution in [0.25, 0.3) is 22.6 Å². The number of aryl methyl sites for hydroxylation is 4. The van der Waals surface area contributed by atoms with Gasteiger partial charge in [0.25, 0.3) is 10.1 Å². The summed E-state index contributed by atoms with van der Waals surface area (Å²) in [6.07, 6.45) is 0. The Morgan fingerprint density at radius 3 is 2.28 bits per heavy atom. The Morgan fingerprint density at radius 1 is 0.960 bits per heavy atom.